The van der Waals surface area contributed by atoms with E-state index >= 15 is 0 Å². The van der Waals surface area contributed by atoms with Crippen molar-refractivity contribution in [3.05, 3.63) is 42.1 Å². The summed E-state index contributed by atoms with van der Waals surface area (Å²) >= 11 is 0. The van der Waals surface area contributed by atoms with E-state index in [1.54, 1.807) is 13.3 Å². The maximum atomic E-state index is 13.6. The van der Waals surface area contributed by atoms with Crippen LogP contribution in [0.2, 0.25) is 0 Å². The Morgan fingerprint density at radius 2 is 1.91 bits per heavy atom. The lowest BCUT2D eigenvalue weighted by Crippen LogP contribution is -2.47. The number of carbonyl (C=O) groups excluding carboxylic acids is 2. The number of amides is 2. The van der Waals surface area contributed by atoms with Crippen molar-refractivity contribution in [3.8, 4) is 5.75 Å². The second-order valence-electron chi connectivity index (χ2n) is 8.89. The number of anilines is 1. The molecular weight excluding hydrogens is 404 g/mol. The Labute approximate surface area is 190 Å². The van der Waals surface area contributed by atoms with Crippen molar-refractivity contribution >= 4 is 17.6 Å². The molecule has 4 rings (SSSR count). The van der Waals surface area contributed by atoms with Gasteiger partial charge >= 0.3 is 0 Å². The molecule has 32 heavy (non-hydrogen) atoms. The van der Waals surface area contributed by atoms with Crippen LogP contribution in [-0.2, 0) is 9.59 Å². The van der Waals surface area contributed by atoms with E-state index in [2.05, 4.69) is 17.3 Å². The molecule has 2 aromatic rings. The number of piperidine rings is 1. The molecule has 0 radical (unpaired) electrons. The minimum Gasteiger partial charge on any atom is -0.497 e. The zero-order chi connectivity index (χ0) is 22.5. The summed E-state index contributed by atoms with van der Waals surface area (Å²) in [5.74, 6) is 1.29. The fourth-order valence-corrected chi connectivity index (χ4v) is 5.10. The van der Waals surface area contributed by atoms with E-state index < -0.39 is 0 Å². The molecule has 1 aromatic carbocycles. The zero-order valence-electron chi connectivity index (χ0n) is 19.1. The van der Waals surface area contributed by atoms with Gasteiger partial charge in [0.05, 0.1) is 31.3 Å². The molecule has 0 spiro atoms. The van der Waals surface area contributed by atoms with Gasteiger partial charge in [0.25, 0.3) is 0 Å². The number of nitrogens with one attached hydrogen (secondary N) is 1. The summed E-state index contributed by atoms with van der Waals surface area (Å²) < 4.78 is 7.27. The normalized spacial score (nSPS) is 21.7. The summed E-state index contributed by atoms with van der Waals surface area (Å²) in [6.45, 7) is 2.78. The molecule has 2 atom stereocenters. The molecule has 2 amide bonds. The van der Waals surface area contributed by atoms with Crippen molar-refractivity contribution in [1.29, 1.82) is 0 Å². The third kappa shape index (κ3) is 4.66. The lowest BCUT2D eigenvalue weighted by atomic mass is 9.83. The third-order valence-electron chi connectivity index (χ3n) is 6.85. The van der Waals surface area contributed by atoms with Gasteiger partial charge in [0.1, 0.15) is 11.6 Å². The number of aromatic nitrogens is 2. The second kappa shape index (κ2) is 10.2. The number of rotatable bonds is 8. The lowest BCUT2D eigenvalue weighted by molar-refractivity contribution is -0.142. The molecule has 1 saturated carbocycles. The maximum absolute atomic E-state index is 13.6. The maximum Gasteiger partial charge on any atom is 0.231 e. The molecule has 2 heterocycles. The number of carbonyl (C=O) groups is 2. The van der Waals surface area contributed by atoms with Gasteiger partial charge in [-0.1, -0.05) is 38.3 Å². The van der Waals surface area contributed by atoms with Crippen LogP contribution in [0.3, 0.4) is 0 Å². The summed E-state index contributed by atoms with van der Waals surface area (Å²) in [6.07, 6.45) is 9.22. The molecule has 0 unspecified atom stereocenters. The predicted octanol–water partition coefficient (Wildman–Crippen LogP) is 4.73. The fourth-order valence-electron chi connectivity index (χ4n) is 5.10. The molecule has 1 N–H and O–H groups in total. The van der Waals surface area contributed by atoms with E-state index in [9.17, 15) is 9.59 Å². The first-order valence-electron chi connectivity index (χ1n) is 11.9. The summed E-state index contributed by atoms with van der Waals surface area (Å²) in [6, 6.07) is 9.70. The fraction of sp³-hybridized carbons (Fsp3) is 0.560. The average molecular weight is 439 g/mol. The quantitative estimate of drug-likeness (QED) is 0.647. The van der Waals surface area contributed by atoms with Gasteiger partial charge in [0, 0.05) is 19.0 Å². The highest BCUT2D eigenvalue weighted by Crippen LogP contribution is 2.39. The SMILES string of the molecule is CCCCN1C(=O)CC[C@H](C(=O)Nc2ccnn2C2CCCC2)[C@@H]1c1ccc(OC)cc1. The van der Waals surface area contributed by atoms with E-state index in [1.165, 1.54) is 12.8 Å². The first kappa shape index (κ1) is 22.4. The Balaban J connectivity index is 1.60. The summed E-state index contributed by atoms with van der Waals surface area (Å²) in [7, 11) is 1.64. The minimum atomic E-state index is -0.315. The van der Waals surface area contributed by atoms with Gasteiger partial charge in [-0.15, -0.1) is 0 Å². The first-order valence-corrected chi connectivity index (χ1v) is 11.9. The molecular formula is C25H34N4O3. The number of likely N-dealkylation sites (tertiary alicyclic amines) is 1. The van der Waals surface area contributed by atoms with Crippen LogP contribution in [-0.4, -0.2) is 40.1 Å². The van der Waals surface area contributed by atoms with Crippen molar-refractivity contribution in [2.24, 2.45) is 5.92 Å². The second-order valence-corrected chi connectivity index (χ2v) is 8.89. The molecule has 7 heteroatoms. The minimum absolute atomic E-state index is 0.0421. The number of methoxy groups -OCH3 is 1. The highest BCUT2D eigenvalue weighted by molar-refractivity contribution is 5.94. The molecule has 2 fully saturated rings. The van der Waals surface area contributed by atoms with Gasteiger partial charge in [0.2, 0.25) is 11.8 Å². The zero-order valence-corrected chi connectivity index (χ0v) is 19.1. The lowest BCUT2D eigenvalue weighted by Gasteiger charge is -2.41. The van der Waals surface area contributed by atoms with E-state index in [4.69, 9.17) is 4.74 Å². The molecule has 1 aliphatic carbocycles. The Kier molecular flexibility index (Phi) is 7.12. The molecule has 7 nitrogen and oxygen atoms in total. The van der Waals surface area contributed by atoms with Crippen LogP contribution >= 0.6 is 0 Å². The highest BCUT2D eigenvalue weighted by Gasteiger charge is 2.40. The van der Waals surface area contributed by atoms with Crippen molar-refractivity contribution in [2.45, 2.75) is 70.4 Å². The Morgan fingerprint density at radius 3 is 2.59 bits per heavy atom. The monoisotopic (exact) mass is 438 g/mol. The van der Waals surface area contributed by atoms with E-state index in [-0.39, 0.29) is 23.8 Å². The average Bonchev–Trinajstić information content (AvgIpc) is 3.50. The van der Waals surface area contributed by atoms with Crippen LogP contribution in [0.5, 0.6) is 5.75 Å². The van der Waals surface area contributed by atoms with Crippen LogP contribution in [0, 0.1) is 5.92 Å². The number of nitrogens with zero attached hydrogens (tertiary/aromatic N) is 3. The smallest absolute Gasteiger partial charge is 0.231 e. The highest BCUT2D eigenvalue weighted by atomic mass is 16.5. The number of ether oxygens (including phenoxy) is 1. The van der Waals surface area contributed by atoms with Crippen LogP contribution in [0.1, 0.15) is 75.9 Å². The Morgan fingerprint density at radius 1 is 1.16 bits per heavy atom. The van der Waals surface area contributed by atoms with E-state index in [1.807, 2.05) is 39.9 Å². The Hall–Kier alpha value is -2.83. The molecule has 172 valence electrons. The number of unbranched alkanes of at least 4 members (excludes halogenated alkanes) is 1. The van der Waals surface area contributed by atoms with Gasteiger partial charge in [-0.25, -0.2) is 4.68 Å². The van der Waals surface area contributed by atoms with Gasteiger partial charge < -0.3 is 15.0 Å². The Bertz CT molecular complexity index is 918. The molecule has 1 saturated heterocycles. The van der Waals surface area contributed by atoms with Crippen LogP contribution in [0.4, 0.5) is 5.82 Å². The number of hydrogen-bond acceptors (Lipinski definition) is 4. The predicted molar refractivity (Wildman–Crippen MR) is 123 cm³/mol. The van der Waals surface area contributed by atoms with Crippen LogP contribution < -0.4 is 10.1 Å². The van der Waals surface area contributed by atoms with Crippen molar-refractivity contribution in [3.63, 3.8) is 0 Å². The molecule has 1 aliphatic heterocycles. The molecule has 2 aliphatic rings. The van der Waals surface area contributed by atoms with E-state index in [0.717, 1.165) is 42.8 Å². The van der Waals surface area contributed by atoms with Gasteiger partial charge in [-0.3, -0.25) is 9.59 Å². The molecule has 1 aromatic heterocycles. The van der Waals surface area contributed by atoms with Crippen molar-refractivity contribution in [2.75, 3.05) is 19.0 Å². The van der Waals surface area contributed by atoms with Gasteiger partial charge in [-0.05, 0) is 43.4 Å². The largest absolute Gasteiger partial charge is 0.497 e. The van der Waals surface area contributed by atoms with Crippen molar-refractivity contribution < 1.29 is 14.3 Å². The summed E-state index contributed by atoms with van der Waals surface area (Å²) in [5, 5.41) is 7.63. The number of benzene rings is 1. The van der Waals surface area contributed by atoms with Gasteiger partial charge in [-0.2, -0.15) is 5.10 Å². The van der Waals surface area contributed by atoms with Gasteiger partial charge in [0.15, 0.2) is 0 Å². The third-order valence-corrected chi connectivity index (χ3v) is 6.85. The standard InChI is InChI=1S/C25H34N4O3/c1-3-4-17-28-23(30)14-13-21(24(28)18-9-11-20(32-2)12-10-18)25(31)27-22-15-16-26-29(22)19-7-5-6-8-19/h9-12,15-16,19,21,24H,3-8,13-14,17H2,1-2H3,(H,27,31)/t21-,24-/m0/s1. The van der Waals surface area contributed by atoms with Crippen molar-refractivity contribution in [1.82, 2.24) is 14.7 Å². The summed E-state index contributed by atoms with van der Waals surface area (Å²) in [5.41, 5.74) is 0.972. The molecule has 0 bridgehead atoms. The van der Waals surface area contributed by atoms with E-state index in [0.29, 0.717) is 25.4 Å². The topological polar surface area (TPSA) is 76.5 Å². The van der Waals surface area contributed by atoms with Crippen LogP contribution in [0.25, 0.3) is 0 Å². The van der Waals surface area contributed by atoms with Crippen LogP contribution in [0.15, 0.2) is 36.5 Å². The first-order chi connectivity index (χ1) is 15.6. The number of hydrogen-bond donors (Lipinski definition) is 1. The summed E-state index contributed by atoms with van der Waals surface area (Å²) in [4.78, 5) is 28.3.